The number of benzene rings is 2. The molecule has 31 heavy (non-hydrogen) atoms. The van der Waals surface area contributed by atoms with Gasteiger partial charge < -0.3 is 14.6 Å². The number of halogens is 4. The standard InChI is InChI=1S/C22H23ClF3NO4/c1-30-14-7-9-19(31-2)16(12-14)20(27-10-4-3-5-18(27)21(28)29)15-11-13(22(24,25)26)6-8-17(15)23/h6-9,11-12,18,20H,3-5,10H2,1-2H3,(H,28,29). The van der Waals surface area contributed by atoms with Crippen LogP contribution in [-0.4, -0.2) is 42.8 Å². The molecule has 5 nitrogen and oxygen atoms in total. The van der Waals surface area contributed by atoms with Crippen molar-refractivity contribution < 1.29 is 32.5 Å². The lowest BCUT2D eigenvalue weighted by Gasteiger charge is -2.40. The zero-order valence-electron chi connectivity index (χ0n) is 17.1. The van der Waals surface area contributed by atoms with E-state index in [0.29, 0.717) is 42.9 Å². The molecule has 1 aliphatic heterocycles. The van der Waals surface area contributed by atoms with Gasteiger partial charge >= 0.3 is 12.1 Å². The first-order valence-electron chi connectivity index (χ1n) is 9.74. The summed E-state index contributed by atoms with van der Waals surface area (Å²) in [4.78, 5) is 13.7. The van der Waals surface area contributed by atoms with Crippen LogP contribution in [0.2, 0.25) is 5.02 Å². The molecule has 0 aromatic heterocycles. The Hall–Kier alpha value is -2.45. The Labute approximate surface area is 183 Å². The van der Waals surface area contributed by atoms with E-state index in [2.05, 4.69) is 0 Å². The van der Waals surface area contributed by atoms with Gasteiger partial charge in [-0.1, -0.05) is 18.0 Å². The third kappa shape index (κ3) is 4.91. The fraction of sp³-hybridized carbons (Fsp3) is 0.409. The van der Waals surface area contributed by atoms with Crippen molar-refractivity contribution in [1.82, 2.24) is 4.90 Å². The monoisotopic (exact) mass is 457 g/mol. The van der Waals surface area contributed by atoms with Gasteiger partial charge in [0.15, 0.2) is 0 Å². The average Bonchev–Trinajstić information content (AvgIpc) is 2.74. The lowest BCUT2D eigenvalue weighted by molar-refractivity contribution is -0.145. The van der Waals surface area contributed by atoms with Crippen LogP contribution in [0.5, 0.6) is 11.5 Å². The maximum Gasteiger partial charge on any atom is 0.416 e. The van der Waals surface area contributed by atoms with Gasteiger partial charge in [0.25, 0.3) is 0 Å². The summed E-state index contributed by atoms with van der Waals surface area (Å²) in [7, 11) is 2.92. The lowest BCUT2D eigenvalue weighted by atomic mass is 9.90. The van der Waals surface area contributed by atoms with E-state index in [1.54, 1.807) is 23.1 Å². The van der Waals surface area contributed by atoms with Crippen LogP contribution in [0.15, 0.2) is 36.4 Å². The van der Waals surface area contributed by atoms with E-state index >= 15 is 0 Å². The molecule has 0 saturated carbocycles. The van der Waals surface area contributed by atoms with Gasteiger partial charge in [0, 0.05) is 10.6 Å². The number of carbonyl (C=O) groups is 1. The van der Waals surface area contributed by atoms with E-state index in [1.165, 1.54) is 20.3 Å². The van der Waals surface area contributed by atoms with Crippen LogP contribution >= 0.6 is 11.6 Å². The van der Waals surface area contributed by atoms with Gasteiger partial charge in [0.05, 0.1) is 25.8 Å². The van der Waals surface area contributed by atoms with Gasteiger partial charge in [-0.3, -0.25) is 9.69 Å². The molecule has 2 aromatic rings. The topological polar surface area (TPSA) is 59.0 Å². The molecule has 1 heterocycles. The second-order valence-electron chi connectivity index (χ2n) is 7.33. The summed E-state index contributed by atoms with van der Waals surface area (Å²) in [5.41, 5.74) is -0.213. The summed E-state index contributed by atoms with van der Waals surface area (Å²) < 4.78 is 51.2. The molecule has 1 N–H and O–H groups in total. The molecule has 0 bridgehead atoms. The first-order valence-corrected chi connectivity index (χ1v) is 10.1. The minimum absolute atomic E-state index is 0.109. The van der Waals surface area contributed by atoms with Crippen LogP contribution in [0.25, 0.3) is 0 Å². The molecule has 1 fully saturated rings. The highest BCUT2D eigenvalue weighted by atomic mass is 35.5. The Morgan fingerprint density at radius 3 is 2.48 bits per heavy atom. The fourth-order valence-corrected chi connectivity index (χ4v) is 4.26. The number of alkyl halides is 3. The van der Waals surface area contributed by atoms with Crippen LogP contribution < -0.4 is 9.47 Å². The van der Waals surface area contributed by atoms with Crippen molar-refractivity contribution in [3.63, 3.8) is 0 Å². The number of ether oxygens (including phenoxy) is 2. The van der Waals surface area contributed by atoms with Crippen LogP contribution in [0.3, 0.4) is 0 Å². The van der Waals surface area contributed by atoms with Crippen molar-refractivity contribution in [3.8, 4) is 11.5 Å². The molecule has 0 radical (unpaired) electrons. The van der Waals surface area contributed by atoms with Crippen molar-refractivity contribution in [2.75, 3.05) is 20.8 Å². The summed E-state index contributed by atoms with van der Waals surface area (Å²) >= 11 is 6.39. The zero-order valence-corrected chi connectivity index (χ0v) is 17.8. The van der Waals surface area contributed by atoms with E-state index < -0.39 is 29.8 Å². The van der Waals surface area contributed by atoms with E-state index in [1.807, 2.05) is 0 Å². The quantitative estimate of drug-likeness (QED) is 0.629. The number of nitrogens with zero attached hydrogens (tertiary/aromatic N) is 1. The Morgan fingerprint density at radius 2 is 1.87 bits per heavy atom. The molecule has 3 rings (SSSR count). The predicted molar refractivity (Wildman–Crippen MR) is 110 cm³/mol. The number of rotatable bonds is 6. The van der Waals surface area contributed by atoms with Gasteiger partial charge in [0.2, 0.25) is 0 Å². The maximum absolute atomic E-state index is 13.5. The molecule has 0 spiro atoms. The highest BCUT2D eigenvalue weighted by molar-refractivity contribution is 6.31. The van der Waals surface area contributed by atoms with Crippen LogP contribution in [0, 0.1) is 0 Å². The first kappa shape index (κ1) is 23.2. The minimum atomic E-state index is -4.57. The SMILES string of the molecule is COc1ccc(OC)c(C(c2cc(C(F)(F)F)ccc2Cl)N2CCCCC2C(=O)O)c1. The maximum atomic E-state index is 13.5. The normalized spacial score (nSPS) is 18.5. The number of carboxylic acids is 1. The number of piperidine rings is 1. The first-order chi connectivity index (χ1) is 14.7. The second kappa shape index (κ2) is 9.36. The molecule has 2 atom stereocenters. The summed E-state index contributed by atoms with van der Waals surface area (Å²) in [5.74, 6) is -0.170. The summed E-state index contributed by atoms with van der Waals surface area (Å²) in [6.45, 7) is 0.384. The number of methoxy groups -OCH3 is 2. The Morgan fingerprint density at radius 1 is 1.13 bits per heavy atom. The smallest absolute Gasteiger partial charge is 0.416 e. The van der Waals surface area contributed by atoms with E-state index in [4.69, 9.17) is 21.1 Å². The zero-order chi connectivity index (χ0) is 22.8. The highest BCUT2D eigenvalue weighted by Crippen LogP contribution is 2.44. The molecule has 9 heteroatoms. The Balaban J connectivity index is 2.27. The molecule has 168 valence electrons. The summed E-state index contributed by atoms with van der Waals surface area (Å²) in [6, 6.07) is 6.30. The largest absolute Gasteiger partial charge is 0.497 e. The Bertz CT molecular complexity index is 951. The van der Waals surface area contributed by atoms with Gasteiger partial charge in [-0.25, -0.2) is 0 Å². The summed E-state index contributed by atoms with van der Waals surface area (Å²) in [6.07, 6.45) is -2.76. The van der Waals surface area contributed by atoms with Crippen molar-refractivity contribution in [2.24, 2.45) is 0 Å². The molecule has 0 aliphatic carbocycles. The molecular formula is C22H23ClF3NO4. The van der Waals surface area contributed by atoms with Crippen molar-refractivity contribution in [3.05, 3.63) is 58.1 Å². The molecule has 2 unspecified atom stereocenters. The van der Waals surface area contributed by atoms with Gasteiger partial charge in [-0.15, -0.1) is 0 Å². The van der Waals surface area contributed by atoms with Gasteiger partial charge in [-0.2, -0.15) is 13.2 Å². The third-order valence-electron chi connectivity index (χ3n) is 5.51. The number of aliphatic carboxylic acids is 1. The van der Waals surface area contributed by atoms with Crippen LogP contribution in [-0.2, 0) is 11.0 Å². The number of carboxylic acid groups (broad SMARTS) is 1. The summed E-state index contributed by atoms with van der Waals surface area (Å²) in [5, 5.41) is 9.93. The van der Waals surface area contributed by atoms with Crippen LogP contribution in [0.1, 0.15) is 42.0 Å². The number of likely N-dealkylation sites (tertiary alicyclic amines) is 1. The highest BCUT2D eigenvalue weighted by Gasteiger charge is 2.39. The molecule has 1 saturated heterocycles. The predicted octanol–water partition coefficient (Wildman–Crippen LogP) is 5.40. The van der Waals surface area contributed by atoms with E-state index in [-0.39, 0.29) is 10.6 Å². The van der Waals surface area contributed by atoms with Crippen LogP contribution in [0.4, 0.5) is 13.2 Å². The molecule has 2 aromatic carbocycles. The van der Waals surface area contributed by atoms with Crippen molar-refractivity contribution in [1.29, 1.82) is 0 Å². The van der Waals surface area contributed by atoms with Gasteiger partial charge in [-0.05, 0) is 61.3 Å². The Kier molecular flexibility index (Phi) is 7.01. The molecule has 1 aliphatic rings. The minimum Gasteiger partial charge on any atom is -0.497 e. The van der Waals surface area contributed by atoms with E-state index in [0.717, 1.165) is 12.1 Å². The molecule has 0 amide bonds. The second-order valence-corrected chi connectivity index (χ2v) is 7.74. The fourth-order valence-electron chi connectivity index (χ4n) is 4.04. The third-order valence-corrected chi connectivity index (χ3v) is 5.85. The molecular weight excluding hydrogens is 435 g/mol. The van der Waals surface area contributed by atoms with Gasteiger partial charge in [0.1, 0.15) is 17.5 Å². The van der Waals surface area contributed by atoms with Crippen molar-refractivity contribution >= 4 is 17.6 Å². The lowest BCUT2D eigenvalue weighted by Crippen LogP contribution is -2.47. The average molecular weight is 458 g/mol. The van der Waals surface area contributed by atoms with Crippen molar-refractivity contribution in [2.45, 2.75) is 37.5 Å². The number of hydrogen-bond donors (Lipinski definition) is 1. The number of hydrogen-bond acceptors (Lipinski definition) is 4. The van der Waals surface area contributed by atoms with E-state index in [9.17, 15) is 23.1 Å².